The summed E-state index contributed by atoms with van der Waals surface area (Å²) in [6, 6.07) is 0.194. The van der Waals surface area contributed by atoms with Gasteiger partial charge >= 0.3 is 0 Å². The number of Topliss-reactive ketones (excluding diaryl/α,β-unsaturated/α-hetero) is 1. The van der Waals surface area contributed by atoms with Gasteiger partial charge in [-0.25, -0.2) is 4.98 Å². The third kappa shape index (κ3) is 5.04. The summed E-state index contributed by atoms with van der Waals surface area (Å²) in [5, 5.41) is 2.91. The quantitative estimate of drug-likeness (QED) is 0.808. The Kier molecular flexibility index (Phi) is 4.91. The fraction of sp³-hybridized carbons (Fsp3) is 0.636. The van der Waals surface area contributed by atoms with Crippen LogP contribution < -0.4 is 5.73 Å². The van der Waals surface area contributed by atoms with Crippen molar-refractivity contribution in [2.45, 2.75) is 45.6 Å². The molecule has 0 aromatic carbocycles. The molecule has 1 atom stereocenters. The number of aromatic nitrogens is 1. The molecule has 0 bridgehead atoms. The van der Waals surface area contributed by atoms with Crippen LogP contribution in [0.4, 0.5) is 0 Å². The fourth-order valence-corrected chi connectivity index (χ4v) is 2.16. The molecule has 4 heteroatoms. The Morgan fingerprint density at radius 2 is 2.40 bits per heavy atom. The van der Waals surface area contributed by atoms with E-state index in [0.29, 0.717) is 12.8 Å². The molecular formula is C11H18N2OS. The van der Waals surface area contributed by atoms with E-state index in [1.807, 2.05) is 19.2 Å². The minimum Gasteiger partial charge on any atom is -0.328 e. The monoisotopic (exact) mass is 226 g/mol. The van der Waals surface area contributed by atoms with E-state index in [-0.39, 0.29) is 11.8 Å². The van der Waals surface area contributed by atoms with Crippen molar-refractivity contribution in [3.05, 3.63) is 16.1 Å². The van der Waals surface area contributed by atoms with Crippen LogP contribution in [0, 0.1) is 6.92 Å². The van der Waals surface area contributed by atoms with E-state index in [1.54, 1.807) is 11.3 Å². The van der Waals surface area contributed by atoms with E-state index in [1.165, 1.54) is 0 Å². The maximum atomic E-state index is 11.5. The van der Waals surface area contributed by atoms with Gasteiger partial charge in [0.1, 0.15) is 10.8 Å². The Morgan fingerprint density at radius 3 is 2.93 bits per heavy atom. The lowest BCUT2D eigenvalue weighted by molar-refractivity contribution is -0.118. The summed E-state index contributed by atoms with van der Waals surface area (Å²) >= 11 is 1.56. The summed E-state index contributed by atoms with van der Waals surface area (Å²) in [6.45, 7) is 3.91. The fourth-order valence-electron chi connectivity index (χ4n) is 1.36. The zero-order valence-electron chi connectivity index (χ0n) is 9.32. The van der Waals surface area contributed by atoms with Crippen LogP contribution in [0.3, 0.4) is 0 Å². The minimum absolute atomic E-state index is 0.194. The van der Waals surface area contributed by atoms with Crippen LogP contribution in [0.15, 0.2) is 5.38 Å². The molecule has 15 heavy (non-hydrogen) atoms. The minimum atomic E-state index is 0.194. The van der Waals surface area contributed by atoms with Crippen molar-refractivity contribution < 1.29 is 4.79 Å². The number of thiazole rings is 1. The third-order valence-electron chi connectivity index (χ3n) is 2.13. The lowest BCUT2D eigenvalue weighted by atomic mass is 10.1. The van der Waals surface area contributed by atoms with Gasteiger partial charge in [0.05, 0.1) is 6.42 Å². The predicted molar refractivity (Wildman–Crippen MR) is 63.1 cm³/mol. The maximum Gasteiger partial charge on any atom is 0.139 e. The lowest BCUT2D eigenvalue weighted by Gasteiger charge is -2.02. The molecule has 0 aliphatic heterocycles. The number of carbonyl (C=O) groups is 1. The van der Waals surface area contributed by atoms with Crippen LogP contribution in [0.2, 0.25) is 0 Å². The molecule has 0 saturated carbocycles. The summed E-state index contributed by atoms with van der Waals surface area (Å²) in [5.74, 6) is 0.269. The number of aryl methyl sites for hydroxylation is 1. The van der Waals surface area contributed by atoms with E-state index in [9.17, 15) is 4.79 Å². The van der Waals surface area contributed by atoms with Crippen LogP contribution in [0.5, 0.6) is 0 Å². The molecule has 2 N–H and O–H groups in total. The highest BCUT2D eigenvalue weighted by Gasteiger charge is 2.07. The number of nitrogens with zero attached hydrogens (tertiary/aromatic N) is 1. The highest BCUT2D eigenvalue weighted by Crippen LogP contribution is 2.11. The van der Waals surface area contributed by atoms with Crippen molar-refractivity contribution in [2.75, 3.05) is 0 Å². The normalized spacial score (nSPS) is 12.7. The molecule has 84 valence electrons. The molecule has 0 fully saturated rings. The van der Waals surface area contributed by atoms with Crippen molar-refractivity contribution in [2.24, 2.45) is 5.73 Å². The van der Waals surface area contributed by atoms with Crippen molar-refractivity contribution >= 4 is 17.1 Å². The summed E-state index contributed by atoms with van der Waals surface area (Å²) in [4.78, 5) is 15.8. The molecule has 1 aromatic rings. The van der Waals surface area contributed by atoms with Crippen LogP contribution in [0.25, 0.3) is 0 Å². The first-order valence-corrected chi connectivity index (χ1v) is 6.14. The molecule has 1 aromatic heterocycles. The Balaban J connectivity index is 2.24. The van der Waals surface area contributed by atoms with Gasteiger partial charge in [-0.3, -0.25) is 4.79 Å². The molecule has 0 aliphatic rings. The molecule has 1 unspecified atom stereocenters. The second-order valence-electron chi connectivity index (χ2n) is 3.97. The second-order valence-corrected chi connectivity index (χ2v) is 4.91. The van der Waals surface area contributed by atoms with E-state index in [2.05, 4.69) is 4.98 Å². The van der Waals surface area contributed by atoms with Gasteiger partial charge in [-0.15, -0.1) is 11.3 Å². The number of hydrogen-bond acceptors (Lipinski definition) is 4. The first kappa shape index (κ1) is 12.3. The number of carbonyl (C=O) groups excluding carboxylic acids is 1. The van der Waals surface area contributed by atoms with Gasteiger partial charge < -0.3 is 5.73 Å². The molecule has 0 amide bonds. The van der Waals surface area contributed by atoms with Crippen molar-refractivity contribution in [3.8, 4) is 0 Å². The zero-order valence-corrected chi connectivity index (χ0v) is 10.1. The topological polar surface area (TPSA) is 56.0 Å². The zero-order chi connectivity index (χ0) is 11.3. The average molecular weight is 226 g/mol. The number of ketones is 1. The SMILES string of the molecule is Cc1csc(CC(=O)CCCC(C)N)n1. The average Bonchev–Trinajstić information content (AvgIpc) is 2.50. The van der Waals surface area contributed by atoms with Crippen LogP contribution >= 0.6 is 11.3 Å². The predicted octanol–water partition coefficient (Wildman–Crippen LogP) is 2.08. The Bertz CT molecular complexity index is 320. The van der Waals surface area contributed by atoms with Gasteiger partial charge in [0, 0.05) is 23.5 Å². The maximum absolute atomic E-state index is 11.5. The van der Waals surface area contributed by atoms with Gasteiger partial charge in [-0.2, -0.15) is 0 Å². The first-order chi connectivity index (χ1) is 7.08. The van der Waals surface area contributed by atoms with Gasteiger partial charge in [-0.05, 0) is 26.7 Å². The number of nitrogens with two attached hydrogens (primary N) is 1. The lowest BCUT2D eigenvalue weighted by Crippen LogP contribution is -2.15. The Morgan fingerprint density at radius 1 is 1.67 bits per heavy atom. The van der Waals surface area contributed by atoms with E-state index in [4.69, 9.17) is 5.73 Å². The van der Waals surface area contributed by atoms with Gasteiger partial charge in [0.15, 0.2) is 0 Å². The van der Waals surface area contributed by atoms with Crippen LogP contribution in [-0.2, 0) is 11.2 Å². The van der Waals surface area contributed by atoms with Gasteiger partial charge in [0.2, 0.25) is 0 Å². The largest absolute Gasteiger partial charge is 0.328 e. The molecule has 0 spiro atoms. The van der Waals surface area contributed by atoms with Crippen molar-refractivity contribution in [1.82, 2.24) is 4.98 Å². The number of rotatable bonds is 6. The molecule has 0 aliphatic carbocycles. The molecule has 0 saturated heterocycles. The molecule has 3 nitrogen and oxygen atoms in total. The molecule has 0 radical (unpaired) electrons. The summed E-state index contributed by atoms with van der Waals surface area (Å²) in [6.07, 6.45) is 2.92. The summed E-state index contributed by atoms with van der Waals surface area (Å²) < 4.78 is 0. The van der Waals surface area contributed by atoms with Crippen molar-refractivity contribution in [1.29, 1.82) is 0 Å². The number of hydrogen-bond donors (Lipinski definition) is 1. The molecular weight excluding hydrogens is 208 g/mol. The highest BCUT2D eigenvalue weighted by atomic mass is 32.1. The Hall–Kier alpha value is -0.740. The standard InChI is InChI=1S/C11H18N2OS/c1-8(12)4-3-5-10(14)6-11-13-9(2)7-15-11/h7-8H,3-6,12H2,1-2H3. The third-order valence-corrected chi connectivity index (χ3v) is 3.10. The smallest absolute Gasteiger partial charge is 0.139 e. The summed E-state index contributed by atoms with van der Waals surface area (Å²) in [5.41, 5.74) is 6.61. The van der Waals surface area contributed by atoms with Crippen LogP contribution in [-0.4, -0.2) is 16.8 Å². The van der Waals surface area contributed by atoms with E-state index in [0.717, 1.165) is 23.5 Å². The van der Waals surface area contributed by atoms with Gasteiger partial charge in [0.25, 0.3) is 0 Å². The van der Waals surface area contributed by atoms with Crippen molar-refractivity contribution in [3.63, 3.8) is 0 Å². The van der Waals surface area contributed by atoms with Gasteiger partial charge in [-0.1, -0.05) is 0 Å². The van der Waals surface area contributed by atoms with Crippen LogP contribution in [0.1, 0.15) is 36.9 Å². The molecule has 1 rings (SSSR count). The Labute approximate surface area is 94.7 Å². The second kappa shape index (κ2) is 5.98. The molecule has 1 heterocycles. The first-order valence-electron chi connectivity index (χ1n) is 5.26. The van der Waals surface area contributed by atoms with E-state index < -0.39 is 0 Å². The summed E-state index contributed by atoms with van der Waals surface area (Å²) in [7, 11) is 0. The highest BCUT2D eigenvalue weighted by molar-refractivity contribution is 7.09. The van der Waals surface area contributed by atoms with E-state index >= 15 is 0 Å².